The van der Waals surface area contributed by atoms with Gasteiger partial charge in [-0.15, -0.1) is 24.0 Å². The molecule has 0 heterocycles. The highest BCUT2D eigenvalue weighted by molar-refractivity contribution is 14.0. The molecule has 0 bridgehead atoms. The summed E-state index contributed by atoms with van der Waals surface area (Å²) in [5.74, 6) is 0.819. The lowest BCUT2D eigenvalue weighted by atomic mass is 10.1. The molecule has 0 amide bonds. The lowest BCUT2D eigenvalue weighted by Crippen LogP contribution is -2.37. The molecule has 0 spiro atoms. The number of benzene rings is 2. The number of nitrogens with one attached hydrogen (secondary N) is 2. The van der Waals surface area contributed by atoms with E-state index in [0.717, 1.165) is 25.5 Å². The molecule has 2 rings (SSSR count). The maximum absolute atomic E-state index is 5.67. The fraction of sp³-hybridized carbons (Fsp3) is 0.381. The Morgan fingerprint density at radius 2 is 1.65 bits per heavy atom. The molecular formula is C21H30IN3O. The molecule has 0 aliphatic heterocycles. The standard InChI is InChI=1S/C21H29N3O.HI/c1-17(2)25-16-20-11-7-10-19(14-20)15-24-21(22-3)23-13-12-18-8-5-4-6-9-18;/h4-11,14,17H,12-13,15-16H2,1-3H3,(H2,22,23,24);1H. The zero-order valence-corrected chi connectivity index (χ0v) is 18.2. The van der Waals surface area contributed by atoms with Crippen LogP contribution in [0.4, 0.5) is 0 Å². The van der Waals surface area contributed by atoms with Crippen LogP contribution < -0.4 is 10.6 Å². The van der Waals surface area contributed by atoms with Crippen LogP contribution in [0.15, 0.2) is 59.6 Å². The number of guanidine groups is 1. The molecule has 26 heavy (non-hydrogen) atoms. The van der Waals surface area contributed by atoms with Gasteiger partial charge in [-0.3, -0.25) is 4.99 Å². The molecule has 0 atom stereocenters. The van der Waals surface area contributed by atoms with Gasteiger partial charge in [-0.1, -0.05) is 54.6 Å². The van der Waals surface area contributed by atoms with Gasteiger partial charge in [-0.2, -0.15) is 0 Å². The van der Waals surface area contributed by atoms with Crippen LogP contribution in [0.1, 0.15) is 30.5 Å². The highest BCUT2D eigenvalue weighted by Gasteiger charge is 2.01. The van der Waals surface area contributed by atoms with Crippen LogP contribution in [0.3, 0.4) is 0 Å². The minimum absolute atomic E-state index is 0. The number of ether oxygens (including phenoxy) is 1. The van der Waals surface area contributed by atoms with Crippen LogP contribution in [0.5, 0.6) is 0 Å². The SMILES string of the molecule is CN=C(NCCc1ccccc1)NCc1cccc(COC(C)C)c1.I. The summed E-state index contributed by atoms with van der Waals surface area (Å²) in [6.07, 6.45) is 1.22. The van der Waals surface area contributed by atoms with Gasteiger partial charge in [0, 0.05) is 20.1 Å². The molecule has 0 saturated heterocycles. The summed E-state index contributed by atoms with van der Waals surface area (Å²) in [4.78, 5) is 4.29. The third kappa shape index (κ3) is 8.67. The van der Waals surface area contributed by atoms with Crippen molar-refractivity contribution in [2.75, 3.05) is 13.6 Å². The van der Waals surface area contributed by atoms with Gasteiger partial charge < -0.3 is 15.4 Å². The maximum Gasteiger partial charge on any atom is 0.191 e. The smallest absolute Gasteiger partial charge is 0.191 e. The Hall–Kier alpha value is -1.60. The van der Waals surface area contributed by atoms with E-state index < -0.39 is 0 Å². The zero-order valence-electron chi connectivity index (χ0n) is 15.9. The van der Waals surface area contributed by atoms with Crippen molar-refractivity contribution in [3.05, 3.63) is 71.3 Å². The Morgan fingerprint density at radius 1 is 0.962 bits per heavy atom. The highest BCUT2D eigenvalue weighted by atomic mass is 127. The van der Waals surface area contributed by atoms with Crippen LogP contribution in [0, 0.1) is 0 Å². The average molecular weight is 467 g/mol. The molecule has 2 aromatic rings. The quantitative estimate of drug-likeness (QED) is 0.349. The van der Waals surface area contributed by atoms with Gasteiger partial charge >= 0.3 is 0 Å². The number of hydrogen-bond donors (Lipinski definition) is 2. The van der Waals surface area contributed by atoms with Gasteiger partial charge in [0.05, 0.1) is 12.7 Å². The molecule has 2 N–H and O–H groups in total. The Bertz CT molecular complexity index is 659. The molecule has 0 aromatic heterocycles. The molecule has 5 heteroatoms. The molecule has 0 aliphatic carbocycles. The van der Waals surface area contributed by atoms with E-state index in [4.69, 9.17) is 4.74 Å². The monoisotopic (exact) mass is 467 g/mol. The van der Waals surface area contributed by atoms with Crippen LogP contribution in [-0.2, 0) is 24.3 Å². The third-order valence-corrected chi connectivity index (χ3v) is 3.81. The average Bonchev–Trinajstić information content (AvgIpc) is 2.64. The van der Waals surface area contributed by atoms with Crippen LogP contribution in [-0.4, -0.2) is 25.7 Å². The van der Waals surface area contributed by atoms with Crippen molar-refractivity contribution >= 4 is 29.9 Å². The van der Waals surface area contributed by atoms with Crippen molar-refractivity contribution in [2.24, 2.45) is 4.99 Å². The molecule has 2 aromatic carbocycles. The van der Waals surface area contributed by atoms with Crippen molar-refractivity contribution in [1.29, 1.82) is 0 Å². The van der Waals surface area contributed by atoms with Crippen LogP contribution in [0.2, 0.25) is 0 Å². The molecule has 0 unspecified atom stereocenters. The Labute approximate surface area is 174 Å². The summed E-state index contributed by atoms with van der Waals surface area (Å²) in [5.41, 5.74) is 3.74. The Morgan fingerprint density at radius 3 is 2.35 bits per heavy atom. The first-order chi connectivity index (χ1) is 12.2. The van der Waals surface area contributed by atoms with Crippen molar-refractivity contribution in [1.82, 2.24) is 10.6 Å². The Kier molecular flexibility index (Phi) is 11.0. The van der Waals surface area contributed by atoms with Crippen molar-refractivity contribution in [2.45, 2.75) is 39.5 Å². The predicted octanol–water partition coefficient (Wildman–Crippen LogP) is 4.14. The largest absolute Gasteiger partial charge is 0.374 e. The minimum Gasteiger partial charge on any atom is -0.374 e. The van der Waals surface area contributed by atoms with Crippen molar-refractivity contribution < 1.29 is 4.74 Å². The van der Waals surface area contributed by atoms with Crippen LogP contribution in [0.25, 0.3) is 0 Å². The van der Waals surface area contributed by atoms with Gasteiger partial charge in [0.25, 0.3) is 0 Å². The number of hydrogen-bond acceptors (Lipinski definition) is 2. The highest BCUT2D eigenvalue weighted by Crippen LogP contribution is 2.08. The van der Waals surface area contributed by atoms with Gasteiger partial charge in [0.1, 0.15) is 0 Å². The second-order valence-electron chi connectivity index (χ2n) is 6.27. The van der Waals surface area contributed by atoms with E-state index in [1.165, 1.54) is 16.7 Å². The molecule has 142 valence electrons. The first-order valence-electron chi connectivity index (χ1n) is 8.85. The summed E-state index contributed by atoms with van der Waals surface area (Å²) < 4.78 is 5.67. The molecule has 0 aliphatic rings. The lowest BCUT2D eigenvalue weighted by Gasteiger charge is -2.13. The van der Waals surface area contributed by atoms with E-state index >= 15 is 0 Å². The van der Waals surface area contributed by atoms with Gasteiger partial charge in [0.15, 0.2) is 5.96 Å². The maximum atomic E-state index is 5.67. The van der Waals surface area contributed by atoms with Crippen LogP contribution >= 0.6 is 24.0 Å². The molecule has 0 radical (unpaired) electrons. The van der Waals surface area contributed by atoms with Gasteiger partial charge in [-0.25, -0.2) is 0 Å². The van der Waals surface area contributed by atoms with Crippen molar-refractivity contribution in [3.8, 4) is 0 Å². The molecule has 4 nitrogen and oxygen atoms in total. The van der Waals surface area contributed by atoms with E-state index in [0.29, 0.717) is 6.61 Å². The summed E-state index contributed by atoms with van der Waals surface area (Å²) in [7, 11) is 1.80. The predicted molar refractivity (Wildman–Crippen MR) is 120 cm³/mol. The molecular weight excluding hydrogens is 437 g/mol. The number of aliphatic imine (C=N–C) groups is 1. The number of nitrogens with zero attached hydrogens (tertiary/aromatic N) is 1. The van der Waals surface area contributed by atoms with E-state index in [-0.39, 0.29) is 30.1 Å². The Balaban J connectivity index is 0.00000338. The van der Waals surface area contributed by atoms with E-state index in [1.54, 1.807) is 7.05 Å². The molecule has 0 saturated carbocycles. The minimum atomic E-state index is 0. The normalized spacial score (nSPS) is 11.2. The second kappa shape index (κ2) is 12.7. The number of halogens is 1. The number of rotatable bonds is 8. The van der Waals surface area contributed by atoms with E-state index in [9.17, 15) is 0 Å². The molecule has 0 fully saturated rings. The van der Waals surface area contributed by atoms with E-state index in [2.05, 4.69) is 78.0 Å². The fourth-order valence-corrected chi connectivity index (χ4v) is 2.47. The first-order valence-corrected chi connectivity index (χ1v) is 8.85. The summed E-state index contributed by atoms with van der Waals surface area (Å²) in [6, 6.07) is 18.9. The summed E-state index contributed by atoms with van der Waals surface area (Å²) in [5, 5.41) is 6.72. The van der Waals surface area contributed by atoms with Gasteiger partial charge in [-0.05, 0) is 37.0 Å². The fourth-order valence-electron chi connectivity index (χ4n) is 2.47. The third-order valence-electron chi connectivity index (χ3n) is 3.81. The van der Waals surface area contributed by atoms with Gasteiger partial charge in [0.2, 0.25) is 0 Å². The topological polar surface area (TPSA) is 45.7 Å². The first kappa shape index (κ1) is 22.4. The summed E-state index contributed by atoms with van der Waals surface area (Å²) >= 11 is 0. The summed E-state index contributed by atoms with van der Waals surface area (Å²) in [6.45, 7) is 6.34. The lowest BCUT2D eigenvalue weighted by molar-refractivity contribution is 0.0657. The zero-order chi connectivity index (χ0) is 17.9. The van der Waals surface area contributed by atoms with E-state index in [1.807, 2.05) is 6.07 Å². The second-order valence-corrected chi connectivity index (χ2v) is 6.27. The van der Waals surface area contributed by atoms with Crippen molar-refractivity contribution in [3.63, 3.8) is 0 Å².